The van der Waals surface area contributed by atoms with Gasteiger partial charge in [0.25, 0.3) is 5.91 Å². The molecule has 1 saturated heterocycles. The van der Waals surface area contributed by atoms with Crippen LogP contribution in [0.25, 0.3) is 10.9 Å². The number of rotatable bonds is 8. The van der Waals surface area contributed by atoms with E-state index in [1.165, 1.54) is 12.1 Å². The van der Waals surface area contributed by atoms with Gasteiger partial charge in [-0.05, 0) is 43.9 Å². The number of carbonyl (C=O) groups excluding carboxylic acids is 3. The molecule has 0 bridgehead atoms. The number of fused-ring (bicyclic) bond motifs is 1. The van der Waals surface area contributed by atoms with Gasteiger partial charge >= 0.3 is 0 Å². The number of aromatic nitrogens is 1. The molecule has 31 heavy (non-hydrogen) atoms. The topological polar surface area (TPSA) is 123 Å². The number of hydrogen-bond donors (Lipinski definition) is 5. The first-order chi connectivity index (χ1) is 14.7. The molecular weight excluding hydrogens is 403 g/mol. The standard InChI is InChI=1S/C22H29FN4O4/c1-11(2)9-17(21(30)25-12(3)19(28)13-7-8-24-20(13)29)27-22(31)18-10-14-15(23)5-4-6-16(14)26-18/h4-6,10-13,17,19,26,28H,7-9H2,1-3H3,(H,24,29)(H,25,30)(H,27,31)/t12?,13?,17-,19?/m0/s1. The van der Waals surface area contributed by atoms with Gasteiger partial charge in [0.15, 0.2) is 0 Å². The zero-order valence-corrected chi connectivity index (χ0v) is 17.9. The monoisotopic (exact) mass is 432 g/mol. The lowest BCUT2D eigenvalue weighted by atomic mass is 9.95. The SMILES string of the molecule is CC(C)C[C@H](NC(=O)c1cc2c(F)cccc2[nH]1)C(=O)NC(C)C(O)C1CCNC1=O. The van der Waals surface area contributed by atoms with Gasteiger partial charge in [-0.3, -0.25) is 14.4 Å². The second-order valence-electron chi connectivity index (χ2n) is 8.51. The summed E-state index contributed by atoms with van der Waals surface area (Å²) in [6, 6.07) is 4.41. The molecule has 2 heterocycles. The molecule has 0 spiro atoms. The third-order valence-electron chi connectivity index (χ3n) is 5.57. The van der Waals surface area contributed by atoms with Crippen LogP contribution in [-0.2, 0) is 9.59 Å². The molecule has 168 valence electrons. The maximum Gasteiger partial charge on any atom is 0.268 e. The molecular formula is C22H29FN4O4. The molecule has 0 radical (unpaired) electrons. The van der Waals surface area contributed by atoms with Gasteiger partial charge < -0.3 is 26.0 Å². The number of aliphatic hydroxyl groups is 1. The van der Waals surface area contributed by atoms with E-state index >= 15 is 0 Å². The van der Waals surface area contributed by atoms with Crippen molar-refractivity contribution < 1.29 is 23.9 Å². The van der Waals surface area contributed by atoms with Crippen molar-refractivity contribution in [2.45, 2.75) is 51.8 Å². The molecule has 0 saturated carbocycles. The van der Waals surface area contributed by atoms with Gasteiger partial charge in [0.1, 0.15) is 17.6 Å². The summed E-state index contributed by atoms with van der Waals surface area (Å²) in [6.07, 6.45) is -0.152. The molecule has 0 aliphatic carbocycles. The Bertz CT molecular complexity index is 974. The highest BCUT2D eigenvalue weighted by Gasteiger charge is 2.35. The molecule has 1 aromatic heterocycles. The molecule has 9 heteroatoms. The van der Waals surface area contributed by atoms with Gasteiger partial charge in [-0.25, -0.2) is 4.39 Å². The van der Waals surface area contributed by atoms with Crippen molar-refractivity contribution in [1.82, 2.24) is 20.9 Å². The lowest BCUT2D eigenvalue weighted by Gasteiger charge is -2.27. The number of aliphatic hydroxyl groups excluding tert-OH is 1. The summed E-state index contributed by atoms with van der Waals surface area (Å²) in [6.45, 7) is 5.97. The van der Waals surface area contributed by atoms with Gasteiger partial charge in [0.05, 0.1) is 18.1 Å². The van der Waals surface area contributed by atoms with Crippen LogP contribution in [0, 0.1) is 17.7 Å². The van der Waals surface area contributed by atoms with Crippen LogP contribution in [0.4, 0.5) is 4.39 Å². The molecule has 3 unspecified atom stereocenters. The Morgan fingerprint density at radius 1 is 1.26 bits per heavy atom. The summed E-state index contributed by atoms with van der Waals surface area (Å²) in [7, 11) is 0. The molecule has 3 rings (SSSR count). The molecule has 5 N–H and O–H groups in total. The third-order valence-corrected chi connectivity index (χ3v) is 5.57. The number of halogens is 1. The maximum absolute atomic E-state index is 13.9. The zero-order valence-electron chi connectivity index (χ0n) is 17.9. The second kappa shape index (κ2) is 9.47. The lowest BCUT2D eigenvalue weighted by molar-refractivity contribution is -0.129. The first-order valence-corrected chi connectivity index (χ1v) is 10.5. The largest absolute Gasteiger partial charge is 0.390 e. The highest BCUT2D eigenvalue weighted by Crippen LogP contribution is 2.20. The minimum Gasteiger partial charge on any atom is -0.390 e. The Labute approximate surface area is 180 Å². The zero-order chi connectivity index (χ0) is 22.7. The van der Waals surface area contributed by atoms with Crippen LogP contribution in [0.15, 0.2) is 24.3 Å². The van der Waals surface area contributed by atoms with E-state index in [0.717, 1.165) is 0 Å². The predicted octanol–water partition coefficient (Wildman–Crippen LogP) is 1.45. The average molecular weight is 432 g/mol. The molecule has 2 aromatic rings. The number of nitrogens with one attached hydrogen (secondary N) is 4. The summed E-state index contributed by atoms with van der Waals surface area (Å²) in [5.74, 6) is -2.12. The Kier molecular flexibility index (Phi) is 6.94. The van der Waals surface area contributed by atoms with Crippen LogP contribution in [0.3, 0.4) is 0 Å². The average Bonchev–Trinajstić information content (AvgIpc) is 3.33. The molecule has 1 fully saturated rings. The summed E-state index contributed by atoms with van der Waals surface area (Å²) < 4.78 is 13.9. The third kappa shape index (κ3) is 5.22. The first kappa shape index (κ1) is 22.7. The Balaban J connectivity index is 1.69. The summed E-state index contributed by atoms with van der Waals surface area (Å²) in [5, 5.41) is 18.8. The number of hydrogen-bond acceptors (Lipinski definition) is 4. The summed E-state index contributed by atoms with van der Waals surface area (Å²) >= 11 is 0. The van der Waals surface area contributed by atoms with E-state index in [2.05, 4.69) is 20.9 Å². The molecule has 3 amide bonds. The van der Waals surface area contributed by atoms with E-state index in [1.54, 1.807) is 19.1 Å². The number of amides is 3. The van der Waals surface area contributed by atoms with Crippen molar-refractivity contribution >= 4 is 28.6 Å². The van der Waals surface area contributed by atoms with Crippen molar-refractivity contribution in [2.24, 2.45) is 11.8 Å². The van der Waals surface area contributed by atoms with Gasteiger partial charge in [0.2, 0.25) is 11.8 Å². The smallest absolute Gasteiger partial charge is 0.268 e. The minimum absolute atomic E-state index is 0.108. The number of carbonyl (C=O) groups is 3. The van der Waals surface area contributed by atoms with E-state index in [4.69, 9.17) is 0 Å². The summed E-state index contributed by atoms with van der Waals surface area (Å²) in [5.41, 5.74) is 0.638. The van der Waals surface area contributed by atoms with Crippen molar-refractivity contribution in [3.8, 4) is 0 Å². The summed E-state index contributed by atoms with van der Waals surface area (Å²) in [4.78, 5) is 40.3. The number of benzene rings is 1. The van der Waals surface area contributed by atoms with Crippen LogP contribution < -0.4 is 16.0 Å². The van der Waals surface area contributed by atoms with Crippen molar-refractivity contribution in [2.75, 3.05) is 6.54 Å². The van der Waals surface area contributed by atoms with Crippen LogP contribution >= 0.6 is 0 Å². The van der Waals surface area contributed by atoms with Crippen molar-refractivity contribution in [3.63, 3.8) is 0 Å². The van der Waals surface area contributed by atoms with E-state index < -0.39 is 41.7 Å². The highest BCUT2D eigenvalue weighted by atomic mass is 19.1. The van der Waals surface area contributed by atoms with Gasteiger partial charge in [-0.2, -0.15) is 0 Å². The first-order valence-electron chi connectivity index (χ1n) is 10.5. The molecule has 4 atom stereocenters. The van der Waals surface area contributed by atoms with E-state index in [9.17, 15) is 23.9 Å². The molecule has 1 aromatic carbocycles. The highest BCUT2D eigenvalue weighted by molar-refractivity contribution is 6.00. The van der Waals surface area contributed by atoms with Crippen molar-refractivity contribution in [3.05, 3.63) is 35.8 Å². The van der Waals surface area contributed by atoms with Gasteiger partial charge in [-0.15, -0.1) is 0 Å². The number of aromatic amines is 1. The fraction of sp³-hybridized carbons (Fsp3) is 0.500. The van der Waals surface area contributed by atoms with Crippen LogP contribution in [0.2, 0.25) is 0 Å². The number of H-pyrrole nitrogens is 1. The van der Waals surface area contributed by atoms with Crippen LogP contribution in [-0.4, -0.2) is 52.5 Å². The molecule has 1 aliphatic heterocycles. The Morgan fingerprint density at radius 3 is 2.61 bits per heavy atom. The van der Waals surface area contributed by atoms with Crippen LogP contribution in [0.5, 0.6) is 0 Å². The molecule has 8 nitrogen and oxygen atoms in total. The van der Waals surface area contributed by atoms with E-state index in [0.29, 0.717) is 30.3 Å². The fourth-order valence-corrected chi connectivity index (χ4v) is 3.88. The predicted molar refractivity (Wildman–Crippen MR) is 114 cm³/mol. The van der Waals surface area contributed by atoms with Gasteiger partial charge in [0, 0.05) is 17.4 Å². The second-order valence-corrected chi connectivity index (χ2v) is 8.51. The Hall–Kier alpha value is -2.94. The van der Waals surface area contributed by atoms with Gasteiger partial charge in [-0.1, -0.05) is 19.9 Å². The fourth-order valence-electron chi connectivity index (χ4n) is 3.88. The van der Waals surface area contributed by atoms with Crippen molar-refractivity contribution in [1.29, 1.82) is 0 Å². The Morgan fingerprint density at radius 2 is 2.00 bits per heavy atom. The molecule has 1 aliphatic rings. The normalized spacial score (nSPS) is 19.2. The maximum atomic E-state index is 13.9. The lowest BCUT2D eigenvalue weighted by Crippen LogP contribution is -2.53. The van der Waals surface area contributed by atoms with Crippen LogP contribution in [0.1, 0.15) is 44.1 Å². The quantitative estimate of drug-likeness (QED) is 0.433. The van der Waals surface area contributed by atoms with E-state index in [-0.39, 0.29) is 17.5 Å². The van der Waals surface area contributed by atoms with E-state index in [1.807, 2.05) is 13.8 Å². The minimum atomic E-state index is -1.03.